The number of hydrogen-bond donors (Lipinski definition) is 2. The first kappa shape index (κ1) is 17.4. The van der Waals surface area contributed by atoms with E-state index >= 15 is 0 Å². The minimum atomic E-state index is -0.775. The van der Waals surface area contributed by atoms with Crippen LogP contribution in [0.4, 0.5) is 5.82 Å². The average molecular weight is 344 g/mol. The Bertz CT molecular complexity index is 691. The quantitative estimate of drug-likeness (QED) is 0.791. The van der Waals surface area contributed by atoms with Gasteiger partial charge in [-0.25, -0.2) is 4.98 Å². The third kappa shape index (κ3) is 3.65. The molecule has 0 radical (unpaired) electrons. The molecule has 7 nitrogen and oxygen atoms in total. The Balaban J connectivity index is 1.65. The molecule has 3 amide bonds. The number of likely N-dealkylation sites (tertiary alicyclic amines) is 1. The number of aromatic nitrogens is 1. The van der Waals surface area contributed by atoms with Crippen LogP contribution in [-0.4, -0.2) is 40.7 Å². The van der Waals surface area contributed by atoms with Crippen LogP contribution in [-0.2, 0) is 9.59 Å². The van der Waals surface area contributed by atoms with Gasteiger partial charge in [-0.05, 0) is 42.7 Å². The van der Waals surface area contributed by atoms with Crippen LogP contribution in [0.15, 0.2) is 18.3 Å². The second-order valence-corrected chi connectivity index (χ2v) is 7.09. The van der Waals surface area contributed by atoms with Gasteiger partial charge in [-0.1, -0.05) is 19.8 Å². The molecule has 7 heteroatoms. The second-order valence-electron chi connectivity index (χ2n) is 7.09. The number of primary amides is 1. The summed E-state index contributed by atoms with van der Waals surface area (Å²) in [4.78, 5) is 41.8. The van der Waals surface area contributed by atoms with Crippen LogP contribution in [0.25, 0.3) is 0 Å². The number of carbonyl (C=O) groups excluding carboxylic acids is 3. The van der Waals surface area contributed by atoms with Crippen molar-refractivity contribution in [2.45, 2.75) is 32.6 Å². The standard InChI is InChI=1S/C18H24N4O3/c1-11-4-2-5-12-10-22(9-7-13(11)12)18(25)17(24)21-16-14(15(19)23)6-3-8-20-16/h3,6,8,11-13H,2,4-5,7,9-10H2,1H3,(H2,19,23)(H,20,21,24). The normalized spacial score (nSPS) is 25.8. The summed E-state index contributed by atoms with van der Waals surface area (Å²) in [7, 11) is 0. The summed E-state index contributed by atoms with van der Waals surface area (Å²) in [6.45, 7) is 3.52. The lowest BCUT2D eigenvalue weighted by Crippen LogP contribution is -2.49. The van der Waals surface area contributed by atoms with Gasteiger partial charge in [-0.15, -0.1) is 0 Å². The Morgan fingerprint density at radius 1 is 1.28 bits per heavy atom. The van der Waals surface area contributed by atoms with Crippen LogP contribution >= 0.6 is 0 Å². The van der Waals surface area contributed by atoms with Gasteiger partial charge in [-0.3, -0.25) is 14.4 Å². The molecule has 3 rings (SSSR count). The van der Waals surface area contributed by atoms with Crippen LogP contribution in [0.2, 0.25) is 0 Å². The zero-order chi connectivity index (χ0) is 18.0. The lowest BCUT2D eigenvalue weighted by molar-refractivity contribution is -0.145. The highest BCUT2D eigenvalue weighted by molar-refractivity contribution is 6.39. The van der Waals surface area contributed by atoms with E-state index in [1.54, 1.807) is 11.0 Å². The molecule has 1 aliphatic carbocycles. The number of carbonyl (C=O) groups is 3. The lowest BCUT2D eigenvalue weighted by Gasteiger charge is -2.44. The molecule has 0 bridgehead atoms. The molecule has 1 aliphatic heterocycles. The molecular weight excluding hydrogens is 320 g/mol. The van der Waals surface area contributed by atoms with E-state index < -0.39 is 17.7 Å². The first-order chi connectivity index (χ1) is 12.0. The fourth-order valence-corrected chi connectivity index (χ4v) is 4.21. The van der Waals surface area contributed by atoms with Crippen molar-refractivity contribution in [3.05, 3.63) is 23.9 Å². The van der Waals surface area contributed by atoms with E-state index in [0.29, 0.717) is 30.8 Å². The molecule has 3 atom stereocenters. The van der Waals surface area contributed by atoms with Gasteiger partial charge in [-0.2, -0.15) is 0 Å². The van der Waals surface area contributed by atoms with Gasteiger partial charge >= 0.3 is 11.8 Å². The van der Waals surface area contributed by atoms with Crippen LogP contribution in [0.5, 0.6) is 0 Å². The number of nitrogens with zero attached hydrogens (tertiary/aromatic N) is 2. The molecule has 2 fully saturated rings. The van der Waals surface area contributed by atoms with Crippen molar-refractivity contribution in [1.82, 2.24) is 9.88 Å². The van der Waals surface area contributed by atoms with Crippen molar-refractivity contribution in [2.24, 2.45) is 23.5 Å². The molecule has 3 N–H and O–H groups in total. The third-order valence-electron chi connectivity index (χ3n) is 5.54. The average Bonchev–Trinajstić information content (AvgIpc) is 2.61. The first-order valence-electron chi connectivity index (χ1n) is 8.82. The Morgan fingerprint density at radius 3 is 2.84 bits per heavy atom. The Hall–Kier alpha value is -2.44. The van der Waals surface area contributed by atoms with Gasteiger partial charge in [0.25, 0.3) is 5.91 Å². The minimum Gasteiger partial charge on any atom is -0.365 e. The molecule has 2 heterocycles. The van der Waals surface area contributed by atoms with Gasteiger partial charge in [0.15, 0.2) is 0 Å². The fourth-order valence-electron chi connectivity index (χ4n) is 4.21. The van der Waals surface area contributed by atoms with E-state index in [2.05, 4.69) is 17.2 Å². The number of anilines is 1. The van der Waals surface area contributed by atoms with E-state index in [0.717, 1.165) is 12.8 Å². The Morgan fingerprint density at radius 2 is 2.08 bits per heavy atom. The number of nitrogens with two attached hydrogens (primary N) is 1. The SMILES string of the molecule is CC1CCCC2CN(C(=O)C(=O)Nc3ncccc3C(N)=O)CCC12. The molecule has 1 aromatic rings. The zero-order valence-corrected chi connectivity index (χ0v) is 14.4. The molecule has 2 aliphatic rings. The molecule has 0 spiro atoms. The monoisotopic (exact) mass is 344 g/mol. The van der Waals surface area contributed by atoms with Crippen LogP contribution in [0.3, 0.4) is 0 Å². The van der Waals surface area contributed by atoms with E-state index in [1.807, 2.05) is 0 Å². The molecule has 25 heavy (non-hydrogen) atoms. The second kappa shape index (κ2) is 7.21. The summed E-state index contributed by atoms with van der Waals surface area (Å²) in [6, 6.07) is 3.01. The van der Waals surface area contributed by atoms with Gasteiger partial charge in [0.1, 0.15) is 5.82 Å². The van der Waals surface area contributed by atoms with Gasteiger partial charge < -0.3 is 16.0 Å². The highest BCUT2D eigenvalue weighted by Gasteiger charge is 2.38. The van der Waals surface area contributed by atoms with Crippen LogP contribution < -0.4 is 11.1 Å². The topological polar surface area (TPSA) is 105 Å². The number of rotatable bonds is 2. The number of pyridine rings is 1. The van der Waals surface area contributed by atoms with Crippen molar-refractivity contribution >= 4 is 23.5 Å². The molecule has 3 unspecified atom stereocenters. The van der Waals surface area contributed by atoms with Crippen molar-refractivity contribution in [2.75, 3.05) is 18.4 Å². The number of hydrogen-bond acceptors (Lipinski definition) is 4. The summed E-state index contributed by atoms with van der Waals surface area (Å²) in [5.74, 6) is -0.205. The summed E-state index contributed by atoms with van der Waals surface area (Å²) in [5.41, 5.74) is 5.36. The first-order valence-corrected chi connectivity index (χ1v) is 8.82. The minimum absolute atomic E-state index is 0.0227. The number of nitrogens with one attached hydrogen (secondary N) is 1. The summed E-state index contributed by atoms with van der Waals surface area (Å²) in [5, 5.41) is 2.43. The van der Waals surface area contributed by atoms with Gasteiger partial charge in [0.05, 0.1) is 5.56 Å². The summed E-state index contributed by atoms with van der Waals surface area (Å²) >= 11 is 0. The maximum atomic E-state index is 12.5. The van der Waals surface area contributed by atoms with E-state index in [-0.39, 0.29) is 11.4 Å². The molecular formula is C18H24N4O3. The summed E-state index contributed by atoms with van der Waals surface area (Å²) in [6.07, 6.45) is 5.94. The Kier molecular flexibility index (Phi) is 5.01. The van der Waals surface area contributed by atoms with Crippen LogP contribution in [0.1, 0.15) is 43.0 Å². The van der Waals surface area contributed by atoms with Crippen molar-refractivity contribution < 1.29 is 14.4 Å². The maximum absolute atomic E-state index is 12.5. The molecule has 0 aromatic carbocycles. The van der Waals surface area contributed by atoms with Crippen molar-refractivity contribution in [3.8, 4) is 0 Å². The maximum Gasteiger partial charge on any atom is 0.315 e. The molecule has 1 saturated heterocycles. The smallest absolute Gasteiger partial charge is 0.315 e. The zero-order valence-electron chi connectivity index (χ0n) is 14.4. The predicted molar refractivity (Wildman–Crippen MR) is 92.6 cm³/mol. The highest BCUT2D eigenvalue weighted by Crippen LogP contribution is 2.39. The fraction of sp³-hybridized carbons (Fsp3) is 0.556. The third-order valence-corrected chi connectivity index (χ3v) is 5.54. The van der Waals surface area contributed by atoms with E-state index in [1.165, 1.54) is 25.1 Å². The number of fused-ring (bicyclic) bond motifs is 1. The number of piperidine rings is 1. The molecule has 1 aromatic heterocycles. The predicted octanol–water partition coefficient (Wildman–Crippen LogP) is 1.40. The largest absolute Gasteiger partial charge is 0.365 e. The van der Waals surface area contributed by atoms with Gasteiger partial charge in [0, 0.05) is 19.3 Å². The van der Waals surface area contributed by atoms with Crippen molar-refractivity contribution in [1.29, 1.82) is 0 Å². The highest BCUT2D eigenvalue weighted by atomic mass is 16.2. The molecule has 1 saturated carbocycles. The van der Waals surface area contributed by atoms with E-state index in [4.69, 9.17) is 5.73 Å². The van der Waals surface area contributed by atoms with Gasteiger partial charge in [0.2, 0.25) is 0 Å². The summed E-state index contributed by atoms with van der Waals surface area (Å²) < 4.78 is 0. The lowest BCUT2D eigenvalue weighted by atomic mass is 9.69. The van der Waals surface area contributed by atoms with Crippen LogP contribution in [0, 0.1) is 17.8 Å². The van der Waals surface area contributed by atoms with E-state index in [9.17, 15) is 14.4 Å². The Labute approximate surface area is 147 Å². The number of amides is 3. The molecule has 134 valence electrons. The van der Waals surface area contributed by atoms with Crippen molar-refractivity contribution in [3.63, 3.8) is 0 Å².